The highest BCUT2D eigenvalue weighted by Crippen LogP contribution is 2.29. The second kappa shape index (κ2) is 7.91. The highest BCUT2D eigenvalue weighted by atomic mass is 16.5. The van der Waals surface area contributed by atoms with Crippen LogP contribution in [0.2, 0.25) is 0 Å². The summed E-state index contributed by atoms with van der Waals surface area (Å²) in [6.45, 7) is 6.31. The van der Waals surface area contributed by atoms with Gasteiger partial charge in [-0.1, -0.05) is 30.4 Å². The second-order valence-corrected chi connectivity index (χ2v) is 6.90. The fraction of sp³-hybridized carbons (Fsp3) is 0.167. The van der Waals surface area contributed by atoms with E-state index in [4.69, 9.17) is 9.47 Å². The van der Waals surface area contributed by atoms with Crippen LogP contribution in [0.15, 0.2) is 61.2 Å². The molecule has 2 heterocycles. The van der Waals surface area contributed by atoms with Crippen molar-refractivity contribution in [2.75, 3.05) is 14.2 Å². The number of nitrogens with zero attached hydrogens (tertiary/aromatic N) is 3. The highest BCUT2D eigenvalue weighted by molar-refractivity contribution is 6.12. The van der Waals surface area contributed by atoms with E-state index in [2.05, 4.69) is 16.2 Å². The lowest BCUT2D eigenvalue weighted by atomic mass is 10.1. The Morgan fingerprint density at radius 1 is 1.10 bits per heavy atom. The number of methoxy groups -OCH3 is 2. The van der Waals surface area contributed by atoms with Crippen molar-refractivity contribution in [1.29, 1.82) is 0 Å². The van der Waals surface area contributed by atoms with Crippen molar-refractivity contribution >= 4 is 28.5 Å². The van der Waals surface area contributed by atoms with Crippen LogP contribution in [0, 0.1) is 6.92 Å². The number of benzene rings is 2. The van der Waals surface area contributed by atoms with Crippen LogP contribution >= 0.6 is 0 Å². The van der Waals surface area contributed by atoms with E-state index in [1.807, 2.05) is 60.0 Å². The first-order chi connectivity index (χ1) is 14.6. The lowest BCUT2D eigenvalue weighted by Gasteiger charge is -2.07. The van der Waals surface area contributed by atoms with E-state index in [9.17, 15) is 4.79 Å². The topological polar surface area (TPSA) is 57.8 Å². The third-order valence-corrected chi connectivity index (χ3v) is 5.09. The van der Waals surface area contributed by atoms with Gasteiger partial charge in [0.05, 0.1) is 36.5 Å². The number of carbonyl (C=O) groups excluding carboxylic acids is 1. The summed E-state index contributed by atoms with van der Waals surface area (Å²) in [7, 11) is 3.18. The van der Waals surface area contributed by atoms with Crippen LogP contribution in [-0.2, 0) is 6.54 Å². The number of ketones is 1. The maximum Gasteiger partial charge on any atom is 0.191 e. The molecule has 0 spiro atoms. The maximum absolute atomic E-state index is 13.2. The molecule has 0 unspecified atom stereocenters. The predicted molar refractivity (Wildman–Crippen MR) is 119 cm³/mol. The monoisotopic (exact) mass is 401 g/mol. The van der Waals surface area contributed by atoms with Crippen molar-refractivity contribution in [3.63, 3.8) is 0 Å². The molecular formula is C24H23N3O3. The summed E-state index contributed by atoms with van der Waals surface area (Å²) >= 11 is 0. The molecule has 0 radical (unpaired) electrons. The molecule has 2 aromatic heterocycles. The third kappa shape index (κ3) is 3.16. The van der Waals surface area contributed by atoms with Crippen molar-refractivity contribution in [3.05, 3.63) is 78.0 Å². The van der Waals surface area contributed by atoms with Crippen LogP contribution < -0.4 is 9.47 Å². The number of aromatic nitrogens is 3. The lowest BCUT2D eigenvalue weighted by molar-refractivity contribution is 0.104. The van der Waals surface area contributed by atoms with Gasteiger partial charge in [0.1, 0.15) is 5.65 Å². The molecule has 30 heavy (non-hydrogen) atoms. The number of para-hydroxylation sites is 2. The van der Waals surface area contributed by atoms with Crippen molar-refractivity contribution < 1.29 is 14.3 Å². The van der Waals surface area contributed by atoms with Crippen molar-refractivity contribution in [2.45, 2.75) is 13.5 Å². The Labute approximate surface area is 174 Å². The number of carbonyl (C=O) groups is 1. The normalized spacial score (nSPS) is 11.4. The standard InChI is InChI=1S/C24H23N3O3/c1-5-14-26-18-8-6-7-9-19(18)27-24(26)23(16(2)25-27)20(28)12-10-17-11-13-21(29-3)22(15-17)30-4/h5-13,15H,1,14H2,2-4H3/b12-10+. The Hall–Kier alpha value is -3.80. The van der Waals surface area contributed by atoms with Gasteiger partial charge in [-0.15, -0.1) is 6.58 Å². The Balaban J connectivity index is 1.79. The van der Waals surface area contributed by atoms with Gasteiger partial charge < -0.3 is 14.0 Å². The molecule has 4 aromatic rings. The largest absolute Gasteiger partial charge is 0.493 e. The summed E-state index contributed by atoms with van der Waals surface area (Å²) < 4.78 is 14.5. The molecule has 0 atom stereocenters. The number of imidazole rings is 1. The minimum Gasteiger partial charge on any atom is -0.493 e. The number of hydrogen-bond acceptors (Lipinski definition) is 4. The zero-order valence-corrected chi connectivity index (χ0v) is 17.3. The van der Waals surface area contributed by atoms with E-state index in [1.54, 1.807) is 26.4 Å². The van der Waals surface area contributed by atoms with Gasteiger partial charge >= 0.3 is 0 Å². The molecule has 0 amide bonds. The Morgan fingerprint density at radius 3 is 2.53 bits per heavy atom. The Bertz CT molecular complexity index is 1290. The maximum atomic E-state index is 13.2. The molecule has 0 saturated heterocycles. The molecule has 0 saturated carbocycles. The van der Waals surface area contributed by atoms with E-state index < -0.39 is 0 Å². The number of hydrogen-bond donors (Lipinski definition) is 0. The van der Waals surface area contributed by atoms with Gasteiger partial charge in [0.15, 0.2) is 17.3 Å². The van der Waals surface area contributed by atoms with Crippen LogP contribution in [0.3, 0.4) is 0 Å². The van der Waals surface area contributed by atoms with Crippen LogP contribution in [0.5, 0.6) is 11.5 Å². The average Bonchev–Trinajstić information content (AvgIpc) is 3.25. The van der Waals surface area contributed by atoms with Gasteiger partial charge in [0, 0.05) is 6.54 Å². The summed E-state index contributed by atoms with van der Waals surface area (Å²) in [5, 5.41) is 4.64. The number of fused-ring (bicyclic) bond motifs is 3. The average molecular weight is 401 g/mol. The van der Waals surface area contributed by atoms with Crippen LogP contribution in [0.1, 0.15) is 21.6 Å². The van der Waals surface area contributed by atoms with Gasteiger partial charge in [-0.05, 0) is 42.8 Å². The summed E-state index contributed by atoms with van der Waals surface area (Å²) in [5.41, 5.74) is 4.86. The minimum absolute atomic E-state index is 0.106. The molecular weight excluding hydrogens is 378 g/mol. The van der Waals surface area contributed by atoms with Crippen molar-refractivity contribution in [2.24, 2.45) is 0 Å². The summed E-state index contributed by atoms with van der Waals surface area (Å²) in [4.78, 5) is 13.2. The lowest BCUT2D eigenvalue weighted by Crippen LogP contribution is -2.02. The van der Waals surface area contributed by atoms with Gasteiger partial charge in [0.2, 0.25) is 0 Å². The minimum atomic E-state index is -0.106. The smallest absolute Gasteiger partial charge is 0.191 e. The summed E-state index contributed by atoms with van der Waals surface area (Å²) in [6.07, 6.45) is 5.16. The molecule has 0 bridgehead atoms. The molecule has 6 nitrogen and oxygen atoms in total. The second-order valence-electron chi connectivity index (χ2n) is 6.90. The molecule has 0 fully saturated rings. The third-order valence-electron chi connectivity index (χ3n) is 5.09. The van der Waals surface area contributed by atoms with Gasteiger partial charge in [-0.3, -0.25) is 4.79 Å². The van der Waals surface area contributed by atoms with Crippen LogP contribution in [0.25, 0.3) is 22.8 Å². The summed E-state index contributed by atoms with van der Waals surface area (Å²) in [6, 6.07) is 13.5. The van der Waals surface area contributed by atoms with Crippen LogP contribution in [-0.4, -0.2) is 34.2 Å². The molecule has 0 aliphatic carbocycles. The molecule has 6 heteroatoms. The van der Waals surface area contributed by atoms with E-state index in [1.165, 1.54) is 0 Å². The number of rotatable bonds is 7. The summed E-state index contributed by atoms with van der Waals surface area (Å²) in [5.74, 6) is 1.15. The van der Waals surface area contributed by atoms with E-state index in [-0.39, 0.29) is 5.78 Å². The zero-order chi connectivity index (χ0) is 21.3. The highest BCUT2D eigenvalue weighted by Gasteiger charge is 2.21. The number of ether oxygens (including phenoxy) is 2. The van der Waals surface area contributed by atoms with Crippen LogP contribution in [0.4, 0.5) is 0 Å². The molecule has 2 aromatic carbocycles. The SMILES string of the molecule is C=CCn1c2ccccc2n2nc(C)c(C(=O)/C=C/c3ccc(OC)c(OC)c3)c12. The van der Waals surface area contributed by atoms with Crippen molar-refractivity contribution in [3.8, 4) is 11.5 Å². The molecule has 0 aliphatic heterocycles. The molecule has 4 rings (SSSR count). The first kappa shape index (κ1) is 19.5. The van der Waals surface area contributed by atoms with Crippen molar-refractivity contribution in [1.82, 2.24) is 14.2 Å². The fourth-order valence-corrected chi connectivity index (χ4v) is 3.73. The first-order valence-corrected chi connectivity index (χ1v) is 9.61. The Morgan fingerprint density at radius 2 is 1.83 bits per heavy atom. The van der Waals surface area contributed by atoms with E-state index in [0.717, 1.165) is 22.2 Å². The van der Waals surface area contributed by atoms with Gasteiger partial charge in [-0.25, -0.2) is 4.52 Å². The zero-order valence-electron chi connectivity index (χ0n) is 17.3. The first-order valence-electron chi connectivity index (χ1n) is 9.61. The molecule has 152 valence electrons. The number of aryl methyl sites for hydroxylation is 1. The number of allylic oxidation sites excluding steroid dienone is 2. The van der Waals surface area contributed by atoms with Gasteiger partial charge in [0.25, 0.3) is 0 Å². The van der Waals surface area contributed by atoms with Gasteiger partial charge in [-0.2, -0.15) is 5.10 Å². The fourth-order valence-electron chi connectivity index (χ4n) is 3.73. The molecule has 0 aliphatic rings. The quantitative estimate of drug-likeness (QED) is 0.256. The van der Waals surface area contributed by atoms with E-state index >= 15 is 0 Å². The molecule has 0 N–H and O–H groups in total. The Kier molecular flexibility index (Phi) is 5.14. The van der Waals surface area contributed by atoms with E-state index in [0.29, 0.717) is 29.3 Å². The predicted octanol–water partition coefficient (Wildman–Crippen LogP) is 4.70.